The van der Waals surface area contributed by atoms with Crippen molar-refractivity contribution in [1.82, 2.24) is 0 Å². The van der Waals surface area contributed by atoms with Gasteiger partial charge >= 0.3 is 0 Å². The maximum absolute atomic E-state index is 5.85. The Hall–Kier alpha value is 0.0734. The van der Waals surface area contributed by atoms with Crippen LogP contribution in [0.3, 0.4) is 0 Å². The zero-order valence-corrected chi connectivity index (χ0v) is 5.38. The average molecular weight is 106 g/mol. The van der Waals surface area contributed by atoms with Crippen LogP contribution < -0.4 is 0 Å². The molecule has 0 aliphatic carbocycles. The van der Waals surface area contributed by atoms with Crippen molar-refractivity contribution in [2.75, 3.05) is 0 Å². The van der Waals surface area contributed by atoms with Gasteiger partial charge in [0.1, 0.15) is 0 Å². The summed E-state index contributed by atoms with van der Waals surface area (Å²) in [5, 5.41) is 5.85. The first-order chi connectivity index (χ1) is 1.41. The van der Waals surface area contributed by atoms with Crippen LogP contribution in [-0.4, -0.2) is 5.87 Å². The summed E-state index contributed by atoms with van der Waals surface area (Å²) >= 11 is 0. The Bertz CT molecular complexity index is 27.0. The van der Waals surface area contributed by atoms with Gasteiger partial charge in [0.2, 0.25) is 0 Å². The molecular weight excluding hydrogens is 103 g/mol. The smallest absolute Gasteiger partial charge is 0 e. The van der Waals surface area contributed by atoms with E-state index in [1.54, 1.807) is 5.87 Å². The van der Waals surface area contributed by atoms with E-state index in [1.165, 1.54) is 0 Å². The van der Waals surface area contributed by atoms with Crippen molar-refractivity contribution in [3.63, 3.8) is 0 Å². The SMILES string of the molecule is C=C=N.[Zn]. The van der Waals surface area contributed by atoms with E-state index in [4.69, 9.17) is 5.41 Å². The van der Waals surface area contributed by atoms with Gasteiger partial charge in [-0.2, -0.15) is 0 Å². The Balaban J connectivity index is 0. The minimum atomic E-state index is 0. The minimum Gasteiger partial charge on any atom is -0.259 e. The summed E-state index contributed by atoms with van der Waals surface area (Å²) in [6, 6.07) is 0. The number of hydrogen-bond acceptors (Lipinski definition) is 1. The zero-order chi connectivity index (χ0) is 2.71. The van der Waals surface area contributed by atoms with Crippen LogP contribution in [0, 0.1) is 5.41 Å². The second kappa shape index (κ2) is 11.5. The molecule has 0 aliphatic rings. The predicted molar refractivity (Wildman–Crippen MR) is 13.4 cm³/mol. The first-order valence-electron chi connectivity index (χ1n) is 0.604. The maximum Gasteiger partial charge on any atom is 0 e. The monoisotopic (exact) mass is 105 g/mol. The van der Waals surface area contributed by atoms with Gasteiger partial charge in [-0.05, 0) is 12.4 Å². The van der Waals surface area contributed by atoms with Crippen LogP contribution in [0.25, 0.3) is 0 Å². The number of rotatable bonds is 0. The van der Waals surface area contributed by atoms with Crippen LogP contribution >= 0.6 is 0 Å². The molecule has 1 N–H and O–H groups in total. The van der Waals surface area contributed by atoms with Crippen LogP contribution in [0.1, 0.15) is 0 Å². The predicted octanol–water partition coefficient (Wildman–Crippen LogP) is 0.418. The van der Waals surface area contributed by atoms with Crippen LogP contribution in [0.4, 0.5) is 0 Å². The van der Waals surface area contributed by atoms with Crippen molar-refractivity contribution in [1.29, 1.82) is 5.41 Å². The zero-order valence-electron chi connectivity index (χ0n) is 2.41. The summed E-state index contributed by atoms with van der Waals surface area (Å²) in [6.07, 6.45) is 0. The van der Waals surface area contributed by atoms with Gasteiger partial charge in [0.25, 0.3) is 0 Å². The fourth-order valence-corrected chi connectivity index (χ4v) is 0. The molecule has 0 unspecified atom stereocenters. The van der Waals surface area contributed by atoms with Crippen molar-refractivity contribution in [2.24, 2.45) is 0 Å². The van der Waals surface area contributed by atoms with Crippen LogP contribution in [0.15, 0.2) is 6.58 Å². The fourth-order valence-electron chi connectivity index (χ4n) is 0. The van der Waals surface area contributed by atoms with Crippen molar-refractivity contribution in [2.45, 2.75) is 0 Å². The van der Waals surface area contributed by atoms with Gasteiger partial charge < -0.3 is 0 Å². The fraction of sp³-hybridized carbons (Fsp3) is 0. The van der Waals surface area contributed by atoms with E-state index in [1.807, 2.05) is 0 Å². The van der Waals surface area contributed by atoms with E-state index in [9.17, 15) is 0 Å². The summed E-state index contributed by atoms with van der Waals surface area (Å²) in [5.41, 5.74) is 0. The van der Waals surface area contributed by atoms with E-state index in [0.29, 0.717) is 0 Å². The molecular formula is C2H3NZn. The molecule has 4 heavy (non-hydrogen) atoms. The molecule has 2 heteroatoms. The van der Waals surface area contributed by atoms with Crippen molar-refractivity contribution < 1.29 is 19.5 Å². The third kappa shape index (κ3) is 444. The molecule has 0 atom stereocenters. The van der Waals surface area contributed by atoms with Crippen molar-refractivity contribution in [3.05, 3.63) is 6.58 Å². The molecule has 0 heterocycles. The van der Waals surface area contributed by atoms with Crippen molar-refractivity contribution in [3.8, 4) is 0 Å². The van der Waals surface area contributed by atoms with Gasteiger partial charge in [0.05, 0.1) is 0 Å². The molecule has 1 nitrogen and oxygen atoms in total. The molecule has 0 aromatic rings. The first kappa shape index (κ1) is 8.95. The Labute approximate surface area is 38.0 Å². The molecule has 0 spiro atoms. The summed E-state index contributed by atoms with van der Waals surface area (Å²) in [4.78, 5) is 0. The van der Waals surface area contributed by atoms with Gasteiger partial charge in [-0.1, -0.05) is 0 Å². The second-order valence-corrected chi connectivity index (χ2v) is 0.177. The van der Waals surface area contributed by atoms with Gasteiger partial charge in [-0.25, -0.2) is 0 Å². The minimum absolute atomic E-state index is 0. The summed E-state index contributed by atoms with van der Waals surface area (Å²) in [7, 11) is 0. The maximum atomic E-state index is 5.85. The molecule has 0 aromatic heterocycles. The quantitative estimate of drug-likeness (QED) is 0.342. The van der Waals surface area contributed by atoms with Crippen LogP contribution in [0.5, 0.6) is 0 Å². The Morgan fingerprint density at radius 1 is 1.75 bits per heavy atom. The van der Waals surface area contributed by atoms with Crippen LogP contribution in [-0.2, 0) is 19.5 Å². The molecule has 0 aliphatic heterocycles. The van der Waals surface area contributed by atoms with Gasteiger partial charge in [-0.3, -0.25) is 5.41 Å². The van der Waals surface area contributed by atoms with Gasteiger partial charge in [-0.15, -0.1) is 0 Å². The number of hydrogen-bond donors (Lipinski definition) is 1. The summed E-state index contributed by atoms with van der Waals surface area (Å²) in [5.74, 6) is 1.75. The average Bonchev–Trinajstić information content (AvgIpc) is 0.918. The molecule has 0 saturated heterocycles. The molecule has 18 valence electrons. The molecule has 0 amide bonds. The largest absolute Gasteiger partial charge is 0.259 e. The Morgan fingerprint density at radius 2 is 1.75 bits per heavy atom. The van der Waals surface area contributed by atoms with E-state index in [-0.39, 0.29) is 19.5 Å². The van der Waals surface area contributed by atoms with Gasteiger partial charge in [0, 0.05) is 19.5 Å². The molecule has 0 radical (unpaired) electrons. The molecule has 0 aromatic carbocycles. The third-order valence-corrected chi connectivity index (χ3v) is 0. The summed E-state index contributed by atoms with van der Waals surface area (Å²) < 4.78 is 0. The van der Waals surface area contributed by atoms with E-state index < -0.39 is 0 Å². The Morgan fingerprint density at radius 3 is 1.75 bits per heavy atom. The molecule has 0 bridgehead atoms. The molecule has 0 saturated carbocycles. The topological polar surface area (TPSA) is 23.9 Å². The molecule has 0 fully saturated rings. The Kier molecular flexibility index (Phi) is 25.7. The normalized spacial score (nSPS) is 2.00. The second-order valence-electron chi connectivity index (χ2n) is 0.177. The summed E-state index contributed by atoms with van der Waals surface area (Å²) in [6.45, 7) is 2.90. The van der Waals surface area contributed by atoms with Gasteiger partial charge in [0.15, 0.2) is 0 Å². The van der Waals surface area contributed by atoms with E-state index >= 15 is 0 Å². The molecule has 0 rings (SSSR count). The van der Waals surface area contributed by atoms with E-state index in [2.05, 4.69) is 6.58 Å². The number of nitrogens with one attached hydrogen (secondary N) is 1. The van der Waals surface area contributed by atoms with E-state index in [0.717, 1.165) is 0 Å². The standard InChI is InChI=1S/C2H3N.Zn/c1-2-3;/h3H,1H2;. The first-order valence-corrected chi connectivity index (χ1v) is 0.604. The third-order valence-electron chi connectivity index (χ3n) is 0. The van der Waals surface area contributed by atoms with Crippen LogP contribution in [0.2, 0.25) is 0 Å². The van der Waals surface area contributed by atoms with Crippen molar-refractivity contribution >= 4 is 5.87 Å².